The van der Waals surface area contributed by atoms with Gasteiger partial charge in [-0.25, -0.2) is 4.79 Å². The number of benzene rings is 1. The van der Waals surface area contributed by atoms with Crippen molar-refractivity contribution in [2.24, 2.45) is 0 Å². The molecule has 0 atom stereocenters. The van der Waals surface area contributed by atoms with E-state index >= 15 is 0 Å². The summed E-state index contributed by atoms with van der Waals surface area (Å²) in [4.78, 5) is 10.7. The first-order chi connectivity index (χ1) is 5.52. The fourth-order valence-electron chi connectivity index (χ4n) is 1.26. The average Bonchev–Trinajstić information content (AvgIpc) is 1.82. The van der Waals surface area contributed by atoms with Crippen LogP contribution in [0.25, 0.3) is 0 Å². The van der Waals surface area contributed by atoms with Gasteiger partial charge in [0.1, 0.15) is 0 Å². The van der Waals surface area contributed by atoms with Gasteiger partial charge in [0.2, 0.25) is 0 Å². The van der Waals surface area contributed by atoms with Gasteiger partial charge < -0.3 is 10.2 Å². The molecule has 0 spiro atoms. The topological polar surface area (TPSA) is 60.4 Å². The van der Waals surface area contributed by atoms with E-state index in [0.29, 0.717) is 11.1 Å². The van der Waals surface area contributed by atoms with Crippen LogP contribution in [0.5, 0.6) is 5.75 Å². The zero-order chi connectivity index (χ0) is 9.30. The van der Waals surface area contributed by atoms with Gasteiger partial charge in [-0.3, -0.25) is 0 Å². The van der Waals surface area contributed by atoms with Crippen molar-refractivity contribution in [3.05, 3.63) is 28.8 Å². The summed E-state index contributed by atoms with van der Waals surface area (Å²) in [5.41, 5.74) is 1.27. The summed E-state index contributed by atoms with van der Waals surface area (Å²) in [6, 6.07) is 2.66. The summed E-state index contributed by atoms with van der Waals surface area (Å²) in [7, 11) is 0. The van der Waals surface area contributed by atoms with Crippen molar-refractivity contribution >= 4 is 5.97 Å². The maximum Gasteiger partial charge on any atom is 0.336 e. The highest BCUT2D eigenvalue weighted by atomic mass is 16.4. The van der Waals surface area contributed by atoms with E-state index in [4.69, 9.17) is 5.11 Å². The molecule has 3 heteroatoms. The number of hydrogen-bond donors (Lipinski definition) is 1. The largest absolute Gasteiger partial charge is 0.872 e. The second-order valence-corrected chi connectivity index (χ2v) is 2.74. The quantitative estimate of drug-likeness (QED) is 0.677. The van der Waals surface area contributed by atoms with Gasteiger partial charge in [0, 0.05) is 0 Å². The Kier molecular flexibility index (Phi) is 2.04. The van der Waals surface area contributed by atoms with Crippen molar-refractivity contribution in [3.63, 3.8) is 0 Å². The average molecular weight is 165 g/mol. The van der Waals surface area contributed by atoms with E-state index in [2.05, 4.69) is 0 Å². The summed E-state index contributed by atoms with van der Waals surface area (Å²) in [6.45, 7) is 3.25. The molecule has 0 radical (unpaired) electrons. The van der Waals surface area contributed by atoms with E-state index in [0.717, 1.165) is 0 Å². The van der Waals surface area contributed by atoms with E-state index in [1.165, 1.54) is 12.1 Å². The molecule has 0 fully saturated rings. The van der Waals surface area contributed by atoms with Crippen molar-refractivity contribution in [2.45, 2.75) is 13.8 Å². The second kappa shape index (κ2) is 2.85. The van der Waals surface area contributed by atoms with Gasteiger partial charge in [-0.15, -0.1) is 5.75 Å². The molecule has 0 aliphatic carbocycles. The van der Waals surface area contributed by atoms with Gasteiger partial charge in [0.05, 0.1) is 5.56 Å². The molecule has 0 aliphatic heterocycles. The Hall–Kier alpha value is -1.51. The minimum atomic E-state index is -0.981. The third-order valence-corrected chi connectivity index (χ3v) is 1.72. The van der Waals surface area contributed by atoms with Gasteiger partial charge >= 0.3 is 5.97 Å². The third kappa shape index (κ3) is 1.39. The van der Waals surface area contributed by atoms with E-state index in [1.54, 1.807) is 13.8 Å². The third-order valence-electron chi connectivity index (χ3n) is 1.72. The van der Waals surface area contributed by atoms with Crippen LogP contribution >= 0.6 is 0 Å². The molecular formula is C9H9O3-. The highest BCUT2D eigenvalue weighted by Crippen LogP contribution is 2.18. The maximum absolute atomic E-state index is 10.9. The molecule has 0 heterocycles. The summed E-state index contributed by atoms with van der Waals surface area (Å²) in [6.07, 6.45) is 0. The molecule has 1 aromatic rings. The van der Waals surface area contributed by atoms with Crippen LogP contribution in [-0.2, 0) is 0 Å². The molecule has 12 heavy (non-hydrogen) atoms. The Morgan fingerprint density at radius 2 is 1.75 bits per heavy atom. The molecular weight excluding hydrogens is 156 g/mol. The molecule has 0 saturated carbocycles. The summed E-state index contributed by atoms with van der Waals surface area (Å²) in [5.74, 6) is -1.12. The van der Waals surface area contributed by atoms with Crippen LogP contribution in [-0.4, -0.2) is 11.1 Å². The zero-order valence-corrected chi connectivity index (χ0v) is 6.92. The lowest BCUT2D eigenvalue weighted by Crippen LogP contribution is -2.04. The smallest absolute Gasteiger partial charge is 0.336 e. The van der Waals surface area contributed by atoms with Crippen LogP contribution in [0, 0.1) is 13.8 Å². The molecule has 64 valence electrons. The first-order valence-electron chi connectivity index (χ1n) is 3.54. The highest BCUT2D eigenvalue weighted by Gasteiger charge is 2.09. The molecule has 0 aromatic heterocycles. The van der Waals surface area contributed by atoms with Crippen molar-refractivity contribution < 1.29 is 15.0 Å². The molecule has 0 amide bonds. The van der Waals surface area contributed by atoms with Gasteiger partial charge in [-0.05, 0) is 25.0 Å². The second-order valence-electron chi connectivity index (χ2n) is 2.74. The lowest BCUT2D eigenvalue weighted by atomic mass is 10.0. The van der Waals surface area contributed by atoms with Gasteiger partial charge in [-0.2, -0.15) is 0 Å². The Balaban J connectivity index is 3.38. The summed E-state index contributed by atoms with van der Waals surface area (Å²) in [5, 5.41) is 19.6. The van der Waals surface area contributed by atoms with E-state index in [-0.39, 0.29) is 11.3 Å². The number of rotatable bonds is 1. The number of carbonyl (C=O) groups is 1. The van der Waals surface area contributed by atoms with Crippen LogP contribution in [0.2, 0.25) is 0 Å². The predicted octanol–water partition coefficient (Wildman–Crippen LogP) is 1.08. The van der Waals surface area contributed by atoms with Gasteiger partial charge in [0.15, 0.2) is 0 Å². The summed E-state index contributed by atoms with van der Waals surface area (Å²) >= 11 is 0. The van der Waals surface area contributed by atoms with Crippen molar-refractivity contribution in [1.82, 2.24) is 0 Å². The Bertz CT molecular complexity index is 306. The van der Waals surface area contributed by atoms with E-state index < -0.39 is 5.97 Å². The Labute approximate surface area is 70.3 Å². The summed E-state index contributed by atoms with van der Waals surface area (Å²) < 4.78 is 0. The normalized spacial score (nSPS) is 9.83. The maximum atomic E-state index is 10.9. The first kappa shape index (κ1) is 8.59. The molecule has 1 aromatic carbocycles. The minimum Gasteiger partial charge on any atom is -0.872 e. The number of aryl methyl sites for hydroxylation is 2. The lowest BCUT2D eigenvalue weighted by molar-refractivity contribution is -0.268. The fourth-order valence-corrected chi connectivity index (χ4v) is 1.26. The number of carboxylic acid groups (broad SMARTS) is 1. The standard InChI is InChI=1S/C9H10O3/c1-5-3-7(10)4-6(2)8(5)9(11)12/h3-4,10H,1-2H3,(H,11,12)/p-1. The Morgan fingerprint density at radius 1 is 1.33 bits per heavy atom. The fraction of sp³-hybridized carbons (Fsp3) is 0.222. The number of aromatic carboxylic acids is 1. The lowest BCUT2D eigenvalue weighted by Gasteiger charge is -2.11. The van der Waals surface area contributed by atoms with Crippen LogP contribution in [0.15, 0.2) is 12.1 Å². The van der Waals surface area contributed by atoms with Gasteiger partial charge in [-0.1, -0.05) is 12.1 Å². The highest BCUT2D eigenvalue weighted by molar-refractivity contribution is 5.91. The monoisotopic (exact) mass is 165 g/mol. The molecule has 1 N–H and O–H groups in total. The molecule has 0 aliphatic rings. The minimum absolute atomic E-state index is 0.144. The van der Waals surface area contributed by atoms with Gasteiger partial charge in [0.25, 0.3) is 0 Å². The molecule has 3 nitrogen and oxygen atoms in total. The molecule has 0 unspecified atom stereocenters. The molecule has 1 rings (SSSR count). The molecule has 0 saturated heterocycles. The van der Waals surface area contributed by atoms with Crippen molar-refractivity contribution in [2.75, 3.05) is 0 Å². The van der Waals surface area contributed by atoms with Crippen molar-refractivity contribution in [3.8, 4) is 5.75 Å². The van der Waals surface area contributed by atoms with E-state index in [9.17, 15) is 9.90 Å². The zero-order valence-electron chi connectivity index (χ0n) is 6.92. The predicted molar refractivity (Wildman–Crippen MR) is 42.3 cm³/mol. The van der Waals surface area contributed by atoms with Crippen LogP contribution < -0.4 is 5.11 Å². The van der Waals surface area contributed by atoms with Crippen LogP contribution in [0.4, 0.5) is 0 Å². The first-order valence-corrected chi connectivity index (χ1v) is 3.54. The van der Waals surface area contributed by atoms with E-state index in [1.807, 2.05) is 0 Å². The van der Waals surface area contributed by atoms with Crippen LogP contribution in [0.3, 0.4) is 0 Å². The number of hydrogen-bond acceptors (Lipinski definition) is 2. The van der Waals surface area contributed by atoms with Crippen molar-refractivity contribution in [1.29, 1.82) is 0 Å². The van der Waals surface area contributed by atoms with Crippen LogP contribution in [0.1, 0.15) is 21.5 Å². The number of carboxylic acids is 1. The Morgan fingerprint density at radius 3 is 2.08 bits per heavy atom. The SMILES string of the molecule is Cc1cc([O-])cc(C)c1C(=O)O. The molecule has 0 bridgehead atoms.